The highest BCUT2D eigenvalue weighted by Crippen LogP contribution is 2.22. The molecule has 2 nitrogen and oxygen atoms in total. The predicted octanol–water partition coefficient (Wildman–Crippen LogP) is 1.96. The molecule has 17 heavy (non-hydrogen) atoms. The van der Waals surface area contributed by atoms with Crippen LogP contribution in [0.25, 0.3) is 0 Å². The monoisotopic (exact) mass is 258 g/mol. The van der Waals surface area contributed by atoms with E-state index in [0.717, 1.165) is 44.5 Å². The Hall–Kier alpha value is -0.650. The molecule has 0 aromatic heterocycles. The molecule has 0 unspecified atom stereocenters. The number of piperazine rings is 1. The van der Waals surface area contributed by atoms with Gasteiger partial charge in [-0.1, -0.05) is 0 Å². The van der Waals surface area contributed by atoms with Crippen LogP contribution in [-0.2, 0) is 0 Å². The number of benzene rings is 1. The molecule has 0 bridgehead atoms. The number of halogens is 2. The lowest BCUT2D eigenvalue weighted by Crippen LogP contribution is -2.44. The maximum atomic E-state index is 13.3. The first kappa shape index (κ1) is 12.8. The lowest BCUT2D eigenvalue weighted by atomic mass is 10.3. The molecule has 0 amide bonds. The Kier molecular flexibility index (Phi) is 4.76. The maximum absolute atomic E-state index is 13.3. The molecule has 0 atom stereocenters. The van der Waals surface area contributed by atoms with Gasteiger partial charge in [-0.15, -0.1) is 11.8 Å². The Morgan fingerprint density at radius 1 is 1.24 bits per heavy atom. The van der Waals surface area contributed by atoms with Crippen LogP contribution in [0.3, 0.4) is 0 Å². The lowest BCUT2D eigenvalue weighted by Gasteiger charge is -2.26. The topological polar surface area (TPSA) is 15.3 Å². The van der Waals surface area contributed by atoms with Gasteiger partial charge in [0, 0.05) is 43.4 Å². The first-order valence-electron chi connectivity index (χ1n) is 5.76. The zero-order valence-electron chi connectivity index (χ0n) is 9.59. The number of thioether (sulfide) groups is 1. The van der Waals surface area contributed by atoms with E-state index in [-0.39, 0.29) is 11.6 Å². The largest absolute Gasteiger partial charge is 0.314 e. The van der Waals surface area contributed by atoms with Crippen LogP contribution in [0.1, 0.15) is 0 Å². The number of nitrogens with one attached hydrogen (secondary N) is 1. The van der Waals surface area contributed by atoms with E-state index in [0.29, 0.717) is 4.90 Å². The first-order valence-corrected chi connectivity index (χ1v) is 6.75. The van der Waals surface area contributed by atoms with Crippen LogP contribution in [0.2, 0.25) is 0 Å². The van der Waals surface area contributed by atoms with Crippen LogP contribution < -0.4 is 5.32 Å². The van der Waals surface area contributed by atoms with Crippen molar-refractivity contribution in [3.8, 4) is 0 Å². The van der Waals surface area contributed by atoms with E-state index in [4.69, 9.17) is 0 Å². The average Bonchev–Trinajstić information content (AvgIpc) is 2.35. The fraction of sp³-hybridized carbons (Fsp3) is 0.500. The summed E-state index contributed by atoms with van der Waals surface area (Å²) in [5.41, 5.74) is 0. The summed E-state index contributed by atoms with van der Waals surface area (Å²) in [5.74, 6) is 0.0770. The number of nitrogens with zero attached hydrogens (tertiary/aromatic N) is 1. The fourth-order valence-corrected chi connectivity index (χ4v) is 2.78. The molecule has 0 aliphatic carbocycles. The van der Waals surface area contributed by atoms with Gasteiger partial charge in [0.1, 0.15) is 11.6 Å². The van der Waals surface area contributed by atoms with Gasteiger partial charge in [0.15, 0.2) is 0 Å². The first-order chi connectivity index (χ1) is 8.25. The van der Waals surface area contributed by atoms with Crippen molar-refractivity contribution >= 4 is 11.8 Å². The molecule has 0 spiro atoms. The Bertz CT molecular complexity index is 368. The van der Waals surface area contributed by atoms with Gasteiger partial charge in [0.25, 0.3) is 0 Å². The van der Waals surface area contributed by atoms with Gasteiger partial charge in [-0.2, -0.15) is 0 Å². The van der Waals surface area contributed by atoms with Crippen molar-refractivity contribution in [2.75, 3.05) is 38.5 Å². The minimum absolute atomic E-state index is 0.336. The van der Waals surface area contributed by atoms with Crippen LogP contribution in [0.15, 0.2) is 23.1 Å². The molecule has 1 aliphatic heterocycles. The third kappa shape index (κ3) is 3.94. The quantitative estimate of drug-likeness (QED) is 0.831. The SMILES string of the molecule is Fc1ccc(F)c(SCCN2CCNCC2)c1. The number of rotatable bonds is 4. The molecular formula is C12H16F2N2S. The maximum Gasteiger partial charge on any atom is 0.136 e. The summed E-state index contributed by atoms with van der Waals surface area (Å²) >= 11 is 1.38. The van der Waals surface area contributed by atoms with E-state index in [1.807, 2.05) is 0 Å². The van der Waals surface area contributed by atoms with Crippen molar-refractivity contribution in [3.63, 3.8) is 0 Å². The minimum Gasteiger partial charge on any atom is -0.314 e. The second-order valence-electron chi connectivity index (χ2n) is 4.01. The molecule has 1 aromatic rings. The van der Waals surface area contributed by atoms with Crippen LogP contribution in [-0.4, -0.2) is 43.4 Å². The Labute approximate surface area is 104 Å². The molecule has 0 radical (unpaired) electrons. The van der Waals surface area contributed by atoms with E-state index in [1.54, 1.807) is 0 Å². The average molecular weight is 258 g/mol. The van der Waals surface area contributed by atoms with E-state index in [2.05, 4.69) is 10.2 Å². The van der Waals surface area contributed by atoms with E-state index >= 15 is 0 Å². The normalized spacial score (nSPS) is 17.3. The van der Waals surface area contributed by atoms with Gasteiger partial charge in [0.05, 0.1) is 0 Å². The molecule has 1 heterocycles. The summed E-state index contributed by atoms with van der Waals surface area (Å²) in [6.07, 6.45) is 0. The molecule has 94 valence electrons. The van der Waals surface area contributed by atoms with Crippen LogP contribution in [0.5, 0.6) is 0 Å². The molecule has 1 fully saturated rings. The highest BCUT2D eigenvalue weighted by Gasteiger charge is 2.10. The fourth-order valence-electron chi connectivity index (χ4n) is 1.81. The standard InChI is InChI=1S/C12H16F2N2S/c13-10-1-2-11(14)12(9-10)17-8-7-16-5-3-15-4-6-16/h1-2,9,15H,3-8H2. The Balaban J connectivity index is 1.79. The summed E-state index contributed by atoms with van der Waals surface area (Å²) in [7, 11) is 0. The third-order valence-corrected chi connectivity index (χ3v) is 3.78. The molecule has 1 aliphatic rings. The Morgan fingerprint density at radius 2 is 2.00 bits per heavy atom. The second-order valence-corrected chi connectivity index (χ2v) is 5.15. The van der Waals surface area contributed by atoms with Crippen molar-refractivity contribution in [1.82, 2.24) is 10.2 Å². The zero-order valence-corrected chi connectivity index (χ0v) is 10.4. The van der Waals surface area contributed by atoms with Crippen molar-refractivity contribution in [1.29, 1.82) is 0 Å². The van der Waals surface area contributed by atoms with Gasteiger partial charge in [-0.05, 0) is 18.2 Å². The van der Waals surface area contributed by atoms with Crippen molar-refractivity contribution in [2.24, 2.45) is 0 Å². The van der Waals surface area contributed by atoms with Crippen molar-refractivity contribution in [3.05, 3.63) is 29.8 Å². The van der Waals surface area contributed by atoms with Crippen molar-refractivity contribution < 1.29 is 8.78 Å². The molecule has 5 heteroatoms. The number of hydrogen-bond donors (Lipinski definition) is 1. The number of hydrogen-bond acceptors (Lipinski definition) is 3. The van der Waals surface area contributed by atoms with Gasteiger partial charge < -0.3 is 5.32 Å². The lowest BCUT2D eigenvalue weighted by molar-refractivity contribution is 0.255. The molecule has 1 aromatic carbocycles. The van der Waals surface area contributed by atoms with E-state index in [9.17, 15) is 8.78 Å². The van der Waals surface area contributed by atoms with Crippen LogP contribution >= 0.6 is 11.8 Å². The Morgan fingerprint density at radius 3 is 2.76 bits per heavy atom. The summed E-state index contributed by atoms with van der Waals surface area (Å²) in [6.45, 7) is 5.01. The van der Waals surface area contributed by atoms with Gasteiger partial charge >= 0.3 is 0 Å². The highest BCUT2D eigenvalue weighted by molar-refractivity contribution is 7.99. The summed E-state index contributed by atoms with van der Waals surface area (Å²) in [4.78, 5) is 2.74. The zero-order chi connectivity index (χ0) is 12.1. The second kappa shape index (κ2) is 6.33. The molecular weight excluding hydrogens is 242 g/mol. The van der Waals surface area contributed by atoms with E-state index in [1.165, 1.54) is 23.9 Å². The van der Waals surface area contributed by atoms with Crippen molar-refractivity contribution in [2.45, 2.75) is 4.90 Å². The van der Waals surface area contributed by atoms with E-state index < -0.39 is 0 Å². The van der Waals surface area contributed by atoms with Crippen LogP contribution in [0.4, 0.5) is 8.78 Å². The molecule has 1 N–H and O–H groups in total. The highest BCUT2D eigenvalue weighted by atomic mass is 32.2. The molecule has 2 rings (SSSR count). The summed E-state index contributed by atoms with van der Waals surface area (Å²) < 4.78 is 26.3. The van der Waals surface area contributed by atoms with Gasteiger partial charge in [0.2, 0.25) is 0 Å². The smallest absolute Gasteiger partial charge is 0.136 e. The molecule has 0 saturated carbocycles. The predicted molar refractivity (Wildman–Crippen MR) is 66.4 cm³/mol. The third-order valence-electron chi connectivity index (χ3n) is 2.77. The summed E-state index contributed by atoms with van der Waals surface area (Å²) in [5, 5.41) is 3.28. The summed E-state index contributed by atoms with van der Waals surface area (Å²) in [6, 6.07) is 3.59. The van der Waals surface area contributed by atoms with Gasteiger partial charge in [-0.3, -0.25) is 4.90 Å². The van der Waals surface area contributed by atoms with Gasteiger partial charge in [-0.25, -0.2) is 8.78 Å². The minimum atomic E-state index is -0.379. The molecule has 1 saturated heterocycles. The van der Waals surface area contributed by atoms with Crippen LogP contribution in [0, 0.1) is 11.6 Å².